The van der Waals surface area contributed by atoms with Crippen LogP contribution in [0.4, 0.5) is 0 Å². The van der Waals surface area contributed by atoms with Gasteiger partial charge in [0.2, 0.25) is 0 Å². The fraction of sp³-hybridized carbons (Fsp3) is 0.882. The molecule has 1 saturated carbocycles. The van der Waals surface area contributed by atoms with Crippen molar-refractivity contribution in [3.8, 4) is 0 Å². The quantitative estimate of drug-likeness (QED) is 0.286. The lowest BCUT2D eigenvalue weighted by atomic mass is 9.59. The summed E-state index contributed by atoms with van der Waals surface area (Å²) in [5, 5.41) is 0. The summed E-state index contributed by atoms with van der Waals surface area (Å²) >= 11 is 0. The third-order valence-electron chi connectivity index (χ3n) is 5.33. The smallest absolute Gasteiger partial charge is 0.320 e. The Morgan fingerprint density at radius 3 is 2.29 bits per heavy atom. The van der Waals surface area contributed by atoms with Gasteiger partial charge in [0, 0.05) is 12.5 Å². The standard InChI is InChI=1S/C17H28O7/c1-17(8-11-9-23-11)12(6-5-7-13(17)24-10-20-2)14(15(18)21-3)16(19)22-4/h11-14H,5-10H2,1-4H3/t11-,12+,13+,17+/m0/s1. The highest BCUT2D eigenvalue weighted by atomic mass is 16.7. The van der Waals surface area contributed by atoms with E-state index in [-0.39, 0.29) is 24.9 Å². The maximum atomic E-state index is 12.3. The summed E-state index contributed by atoms with van der Waals surface area (Å²) in [5.41, 5.74) is -0.398. The maximum Gasteiger partial charge on any atom is 0.320 e. The first kappa shape index (κ1) is 19.1. The van der Waals surface area contributed by atoms with Gasteiger partial charge in [-0.05, 0) is 25.2 Å². The molecule has 1 aliphatic heterocycles. The normalized spacial score (nSPS) is 32.5. The van der Waals surface area contributed by atoms with Gasteiger partial charge < -0.3 is 23.7 Å². The molecule has 0 unspecified atom stereocenters. The average Bonchev–Trinajstić information content (AvgIpc) is 3.38. The summed E-state index contributed by atoms with van der Waals surface area (Å²) in [4.78, 5) is 24.6. The molecule has 2 aliphatic rings. The van der Waals surface area contributed by atoms with Gasteiger partial charge in [0.1, 0.15) is 6.79 Å². The van der Waals surface area contributed by atoms with Crippen molar-refractivity contribution in [2.45, 2.75) is 44.8 Å². The van der Waals surface area contributed by atoms with Crippen molar-refractivity contribution in [1.82, 2.24) is 0 Å². The van der Waals surface area contributed by atoms with Crippen molar-refractivity contribution in [2.24, 2.45) is 17.3 Å². The van der Waals surface area contributed by atoms with Crippen molar-refractivity contribution in [2.75, 3.05) is 34.7 Å². The van der Waals surface area contributed by atoms with Gasteiger partial charge in [-0.2, -0.15) is 0 Å². The molecule has 0 N–H and O–H groups in total. The molecule has 1 aliphatic carbocycles. The minimum atomic E-state index is -0.947. The highest BCUT2D eigenvalue weighted by Gasteiger charge is 2.54. The van der Waals surface area contributed by atoms with Crippen molar-refractivity contribution in [3.63, 3.8) is 0 Å². The van der Waals surface area contributed by atoms with Crippen LogP contribution in [0.15, 0.2) is 0 Å². The lowest BCUT2D eigenvalue weighted by molar-refractivity contribution is -0.180. The minimum absolute atomic E-state index is 0.114. The second-order valence-corrected chi connectivity index (χ2v) is 6.79. The van der Waals surface area contributed by atoms with Crippen LogP contribution in [0.5, 0.6) is 0 Å². The summed E-state index contributed by atoms with van der Waals surface area (Å²) in [7, 11) is 4.16. The number of carbonyl (C=O) groups is 2. The lowest BCUT2D eigenvalue weighted by Gasteiger charge is -2.48. The average molecular weight is 344 g/mol. The van der Waals surface area contributed by atoms with Crippen LogP contribution in [-0.2, 0) is 33.3 Å². The van der Waals surface area contributed by atoms with Gasteiger partial charge in [-0.3, -0.25) is 9.59 Å². The van der Waals surface area contributed by atoms with E-state index in [0.29, 0.717) is 6.61 Å². The van der Waals surface area contributed by atoms with Crippen molar-refractivity contribution < 1.29 is 33.3 Å². The Labute approximate surface area is 142 Å². The van der Waals surface area contributed by atoms with E-state index < -0.39 is 23.3 Å². The molecule has 1 heterocycles. The Kier molecular flexibility index (Phi) is 6.60. The lowest BCUT2D eigenvalue weighted by Crippen LogP contribution is -2.51. The topological polar surface area (TPSA) is 83.6 Å². The molecule has 1 saturated heterocycles. The van der Waals surface area contributed by atoms with E-state index >= 15 is 0 Å². The number of methoxy groups -OCH3 is 3. The van der Waals surface area contributed by atoms with E-state index in [1.807, 2.05) is 0 Å². The number of epoxide rings is 1. The van der Waals surface area contributed by atoms with Crippen LogP contribution < -0.4 is 0 Å². The summed E-state index contributed by atoms with van der Waals surface area (Å²) in [6.07, 6.45) is 3.24. The number of hydrogen-bond donors (Lipinski definition) is 0. The first-order valence-electron chi connectivity index (χ1n) is 8.35. The number of rotatable bonds is 8. The summed E-state index contributed by atoms with van der Waals surface area (Å²) < 4.78 is 26.1. The molecular formula is C17H28O7. The van der Waals surface area contributed by atoms with Crippen molar-refractivity contribution >= 4 is 11.9 Å². The maximum absolute atomic E-state index is 12.3. The first-order valence-corrected chi connectivity index (χ1v) is 8.35. The second-order valence-electron chi connectivity index (χ2n) is 6.79. The number of hydrogen-bond acceptors (Lipinski definition) is 7. The Hall–Kier alpha value is -1.18. The van der Waals surface area contributed by atoms with Crippen LogP contribution in [-0.4, -0.2) is 58.9 Å². The van der Waals surface area contributed by atoms with Crippen LogP contribution in [0, 0.1) is 17.3 Å². The Morgan fingerprint density at radius 2 is 1.79 bits per heavy atom. The number of esters is 2. The highest BCUT2D eigenvalue weighted by Crippen LogP contribution is 2.51. The summed E-state index contributed by atoms with van der Waals surface area (Å²) in [6.45, 7) is 2.96. The predicted octanol–water partition coefficient (Wildman–Crippen LogP) is 1.53. The molecule has 0 amide bonds. The Balaban J connectivity index is 2.30. The fourth-order valence-corrected chi connectivity index (χ4v) is 4.03. The zero-order valence-electron chi connectivity index (χ0n) is 14.9. The monoisotopic (exact) mass is 344 g/mol. The van der Waals surface area contributed by atoms with Gasteiger partial charge >= 0.3 is 11.9 Å². The van der Waals surface area contributed by atoms with Crippen molar-refractivity contribution in [1.29, 1.82) is 0 Å². The zero-order chi connectivity index (χ0) is 17.7. The molecule has 0 spiro atoms. The fourth-order valence-electron chi connectivity index (χ4n) is 4.03. The Bertz CT molecular complexity index is 432. The van der Waals surface area contributed by atoms with Gasteiger partial charge in [-0.1, -0.05) is 13.3 Å². The molecule has 0 aromatic carbocycles. The Morgan fingerprint density at radius 1 is 1.17 bits per heavy atom. The van der Waals surface area contributed by atoms with E-state index in [4.69, 9.17) is 23.7 Å². The third kappa shape index (κ3) is 4.07. The molecular weight excluding hydrogens is 316 g/mol. The number of carbonyl (C=O) groups excluding carboxylic acids is 2. The molecule has 138 valence electrons. The minimum Gasteiger partial charge on any atom is -0.468 e. The predicted molar refractivity (Wildman–Crippen MR) is 84.1 cm³/mol. The van der Waals surface area contributed by atoms with E-state index in [9.17, 15) is 9.59 Å². The molecule has 4 atom stereocenters. The first-order chi connectivity index (χ1) is 11.5. The van der Waals surface area contributed by atoms with Crippen LogP contribution in [0.1, 0.15) is 32.6 Å². The number of ether oxygens (including phenoxy) is 5. The third-order valence-corrected chi connectivity index (χ3v) is 5.33. The molecule has 0 aromatic heterocycles. The van der Waals surface area contributed by atoms with E-state index in [0.717, 1.165) is 25.7 Å². The van der Waals surface area contributed by atoms with Gasteiger partial charge in [-0.25, -0.2) is 0 Å². The molecule has 0 bridgehead atoms. The zero-order valence-corrected chi connectivity index (χ0v) is 14.9. The van der Waals surface area contributed by atoms with Gasteiger partial charge in [0.15, 0.2) is 5.92 Å². The van der Waals surface area contributed by atoms with E-state index in [1.165, 1.54) is 14.2 Å². The van der Waals surface area contributed by atoms with Crippen LogP contribution in [0.2, 0.25) is 0 Å². The second kappa shape index (κ2) is 8.27. The van der Waals surface area contributed by atoms with Gasteiger partial charge in [0.25, 0.3) is 0 Å². The van der Waals surface area contributed by atoms with Crippen LogP contribution >= 0.6 is 0 Å². The van der Waals surface area contributed by atoms with E-state index in [2.05, 4.69) is 6.92 Å². The van der Waals surface area contributed by atoms with E-state index in [1.54, 1.807) is 7.11 Å². The molecule has 7 heteroatoms. The molecule has 24 heavy (non-hydrogen) atoms. The van der Waals surface area contributed by atoms with Gasteiger partial charge in [0.05, 0.1) is 33.0 Å². The molecule has 7 nitrogen and oxygen atoms in total. The highest BCUT2D eigenvalue weighted by molar-refractivity contribution is 5.95. The van der Waals surface area contributed by atoms with Crippen LogP contribution in [0.3, 0.4) is 0 Å². The summed E-state index contributed by atoms with van der Waals surface area (Å²) in [5.74, 6) is -2.28. The molecule has 0 radical (unpaired) electrons. The summed E-state index contributed by atoms with van der Waals surface area (Å²) in [6, 6.07) is 0. The SMILES string of the molecule is COCO[C@@H]1CCC[C@H](C(C(=O)OC)C(=O)OC)[C@@]1(C)C[C@H]1CO1. The molecule has 0 aromatic rings. The largest absolute Gasteiger partial charge is 0.468 e. The molecule has 2 fully saturated rings. The van der Waals surface area contributed by atoms with Crippen LogP contribution in [0.25, 0.3) is 0 Å². The van der Waals surface area contributed by atoms with Gasteiger partial charge in [-0.15, -0.1) is 0 Å². The van der Waals surface area contributed by atoms with Crippen molar-refractivity contribution in [3.05, 3.63) is 0 Å². The molecule has 2 rings (SSSR count).